The molecule has 3 nitrogen and oxygen atoms in total. The summed E-state index contributed by atoms with van der Waals surface area (Å²) in [4.78, 5) is 0. The van der Waals surface area contributed by atoms with Crippen LogP contribution < -0.4 is 5.73 Å². The SMILES string of the molecule is CC(C)[C@H](O)[C@H](N)c1cc(F)ccc1O. The number of halogens is 1. The van der Waals surface area contributed by atoms with Crippen LogP contribution in [0, 0.1) is 11.7 Å². The van der Waals surface area contributed by atoms with Crippen LogP contribution in [0.3, 0.4) is 0 Å². The number of phenolic OH excluding ortho intramolecular Hbond substituents is 1. The van der Waals surface area contributed by atoms with Gasteiger partial charge in [-0.25, -0.2) is 4.39 Å². The van der Waals surface area contributed by atoms with Gasteiger partial charge in [0.25, 0.3) is 0 Å². The summed E-state index contributed by atoms with van der Waals surface area (Å²) in [6, 6.07) is 2.75. The Morgan fingerprint density at radius 3 is 2.47 bits per heavy atom. The summed E-state index contributed by atoms with van der Waals surface area (Å²) in [6.45, 7) is 3.61. The normalized spacial score (nSPS) is 15.3. The molecule has 84 valence electrons. The molecule has 0 saturated carbocycles. The van der Waals surface area contributed by atoms with E-state index in [0.29, 0.717) is 0 Å². The zero-order valence-electron chi connectivity index (χ0n) is 8.81. The van der Waals surface area contributed by atoms with Crippen molar-refractivity contribution in [2.24, 2.45) is 11.7 Å². The molecule has 0 amide bonds. The highest BCUT2D eigenvalue weighted by Gasteiger charge is 2.22. The summed E-state index contributed by atoms with van der Waals surface area (Å²) >= 11 is 0. The maximum absolute atomic E-state index is 12.9. The predicted molar refractivity (Wildman–Crippen MR) is 55.8 cm³/mol. The molecule has 0 unspecified atom stereocenters. The van der Waals surface area contributed by atoms with Crippen molar-refractivity contribution in [1.29, 1.82) is 0 Å². The number of nitrogens with two attached hydrogens (primary N) is 1. The van der Waals surface area contributed by atoms with Crippen LogP contribution in [-0.2, 0) is 0 Å². The number of rotatable bonds is 3. The molecule has 0 saturated heterocycles. The largest absolute Gasteiger partial charge is 0.508 e. The minimum atomic E-state index is -0.808. The van der Waals surface area contributed by atoms with Crippen LogP contribution in [0.25, 0.3) is 0 Å². The van der Waals surface area contributed by atoms with E-state index in [1.54, 1.807) is 13.8 Å². The van der Waals surface area contributed by atoms with Crippen LogP contribution in [0.15, 0.2) is 18.2 Å². The molecule has 1 rings (SSSR count). The molecule has 2 atom stereocenters. The third-order valence-corrected chi connectivity index (χ3v) is 2.40. The van der Waals surface area contributed by atoms with Crippen LogP contribution >= 0.6 is 0 Å². The van der Waals surface area contributed by atoms with Gasteiger partial charge in [-0.1, -0.05) is 13.8 Å². The minimum Gasteiger partial charge on any atom is -0.508 e. The summed E-state index contributed by atoms with van der Waals surface area (Å²) < 4.78 is 12.9. The van der Waals surface area contributed by atoms with Gasteiger partial charge in [0.2, 0.25) is 0 Å². The first-order valence-corrected chi connectivity index (χ1v) is 4.85. The average Bonchev–Trinajstić information content (AvgIpc) is 2.19. The highest BCUT2D eigenvalue weighted by molar-refractivity contribution is 5.35. The van der Waals surface area contributed by atoms with Gasteiger partial charge in [-0.05, 0) is 24.1 Å². The van der Waals surface area contributed by atoms with Crippen molar-refractivity contribution < 1.29 is 14.6 Å². The smallest absolute Gasteiger partial charge is 0.123 e. The van der Waals surface area contributed by atoms with E-state index in [2.05, 4.69) is 0 Å². The molecule has 0 aromatic heterocycles. The number of aliphatic hydroxyl groups is 1. The third kappa shape index (κ3) is 2.67. The van der Waals surface area contributed by atoms with E-state index < -0.39 is 18.0 Å². The Morgan fingerprint density at radius 2 is 1.93 bits per heavy atom. The van der Waals surface area contributed by atoms with Gasteiger partial charge in [0.1, 0.15) is 11.6 Å². The second-order valence-electron chi connectivity index (χ2n) is 3.96. The van der Waals surface area contributed by atoms with Crippen molar-refractivity contribution in [1.82, 2.24) is 0 Å². The van der Waals surface area contributed by atoms with E-state index >= 15 is 0 Å². The molecule has 0 aliphatic carbocycles. The van der Waals surface area contributed by atoms with Crippen LogP contribution in [-0.4, -0.2) is 16.3 Å². The van der Waals surface area contributed by atoms with Crippen LogP contribution in [0.2, 0.25) is 0 Å². The third-order valence-electron chi connectivity index (χ3n) is 2.40. The van der Waals surface area contributed by atoms with Crippen molar-refractivity contribution in [3.05, 3.63) is 29.6 Å². The van der Waals surface area contributed by atoms with Crippen LogP contribution in [0.1, 0.15) is 25.5 Å². The number of benzene rings is 1. The first-order chi connectivity index (χ1) is 6.93. The van der Waals surface area contributed by atoms with Gasteiger partial charge in [-0.3, -0.25) is 0 Å². The molecule has 1 aromatic rings. The Labute approximate surface area is 88.4 Å². The maximum Gasteiger partial charge on any atom is 0.123 e. The summed E-state index contributed by atoms with van der Waals surface area (Å²) in [7, 11) is 0. The molecule has 0 spiro atoms. The molecular weight excluding hydrogens is 197 g/mol. The first-order valence-electron chi connectivity index (χ1n) is 4.85. The zero-order chi connectivity index (χ0) is 11.6. The Bertz CT molecular complexity index is 341. The lowest BCUT2D eigenvalue weighted by atomic mass is 9.94. The highest BCUT2D eigenvalue weighted by Crippen LogP contribution is 2.27. The fraction of sp³-hybridized carbons (Fsp3) is 0.455. The summed E-state index contributed by atoms with van der Waals surface area (Å²) in [5.74, 6) is -0.625. The topological polar surface area (TPSA) is 66.5 Å². The molecule has 0 fully saturated rings. The molecule has 1 aromatic carbocycles. The van der Waals surface area contributed by atoms with Crippen molar-refractivity contribution in [2.45, 2.75) is 26.0 Å². The van der Waals surface area contributed by atoms with Gasteiger partial charge in [-0.2, -0.15) is 0 Å². The van der Waals surface area contributed by atoms with E-state index in [1.807, 2.05) is 0 Å². The quantitative estimate of drug-likeness (QED) is 0.713. The zero-order valence-corrected chi connectivity index (χ0v) is 8.81. The summed E-state index contributed by atoms with van der Waals surface area (Å²) in [5.41, 5.74) is 5.97. The molecule has 15 heavy (non-hydrogen) atoms. The second-order valence-corrected chi connectivity index (χ2v) is 3.96. The van der Waals surface area contributed by atoms with E-state index in [1.165, 1.54) is 6.07 Å². The molecular formula is C11H16FNO2. The van der Waals surface area contributed by atoms with Crippen molar-refractivity contribution in [3.63, 3.8) is 0 Å². The van der Waals surface area contributed by atoms with E-state index in [4.69, 9.17) is 5.73 Å². The van der Waals surface area contributed by atoms with Gasteiger partial charge in [0, 0.05) is 5.56 Å². The van der Waals surface area contributed by atoms with Gasteiger partial charge in [0.15, 0.2) is 0 Å². The van der Waals surface area contributed by atoms with Crippen LogP contribution in [0.4, 0.5) is 4.39 Å². The fourth-order valence-electron chi connectivity index (χ4n) is 1.39. The number of hydrogen-bond donors (Lipinski definition) is 3. The molecule has 0 aliphatic rings. The Balaban J connectivity index is 2.99. The second kappa shape index (κ2) is 4.59. The molecule has 0 aliphatic heterocycles. The van der Waals surface area contributed by atoms with Crippen molar-refractivity contribution in [2.75, 3.05) is 0 Å². The number of phenols is 1. The number of hydrogen-bond acceptors (Lipinski definition) is 3. The number of aliphatic hydroxyl groups excluding tert-OH is 1. The lowest BCUT2D eigenvalue weighted by Crippen LogP contribution is -2.30. The van der Waals surface area contributed by atoms with Gasteiger partial charge >= 0.3 is 0 Å². The maximum atomic E-state index is 12.9. The highest BCUT2D eigenvalue weighted by atomic mass is 19.1. The first kappa shape index (κ1) is 11.9. The van der Waals surface area contributed by atoms with Crippen molar-refractivity contribution in [3.8, 4) is 5.75 Å². The van der Waals surface area contributed by atoms with E-state index in [-0.39, 0.29) is 17.2 Å². The molecule has 4 N–H and O–H groups in total. The van der Waals surface area contributed by atoms with Gasteiger partial charge in [-0.15, -0.1) is 0 Å². The monoisotopic (exact) mass is 213 g/mol. The number of aromatic hydroxyl groups is 1. The van der Waals surface area contributed by atoms with Gasteiger partial charge < -0.3 is 15.9 Å². The Kier molecular flexibility index (Phi) is 3.66. The lowest BCUT2D eigenvalue weighted by Gasteiger charge is -2.23. The standard InChI is InChI=1S/C11H16FNO2/c1-6(2)11(15)10(13)8-5-7(12)3-4-9(8)14/h3-6,10-11,14-15H,13H2,1-2H3/t10-,11+/m1/s1. The van der Waals surface area contributed by atoms with Gasteiger partial charge in [0.05, 0.1) is 12.1 Å². The molecule has 0 heterocycles. The fourth-order valence-corrected chi connectivity index (χ4v) is 1.39. The minimum absolute atomic E-state index is 0.0531. The molecule has 4 heteroatoms. The summed E-state index contributed by atoms with van der Waals surface area (Å²) in [5, 5.41) is 19.2. The average molecular weight is 213 g/mol. The molecule has 0 radical (unpaired) electrons. The molecule has 0 bridgehead atoms. The van der Waals surface area contributed by atoms with E-state index in [0.717, 1.165) is 12.1 Å². The van der Waals surface area contributed by atoms with E-state index in [9.17, 15) is 14.6 Å². The summed E-state index contributed by atoms with van der Waals surface area (Å²) in [6.07, 6.45) is -0.808. The van der Waals surface area contributed by atoms with Crippen molar-refractivity contribution >= 4 is 0 Å². The van der Waals surface area contributed by atoms with Crippen LogP contribution in [0.5, 0.6) is 5.75 Å². The Hall–Kier alpha value is -1.13. The predicted octanol–water partition coefficient (Wildman–Crippen LogP) is 1.55. The Morgan fingerprint density at radius 1 is 1.33 bits per heavy atom. The lowest BCUT2D eigenvalue weighted by molar-refractivity contribution is 0.0969.